The van der Waals surface area contributed by atoms with Crippen molar-refractivity contribution < 1.29 is 5.11 Å². The first-order valence-corrected chi connectivity index (χ1v) is 11.3. The van der Waals surface area contributed by atoms with E-state index < -0.39 is 6.10 Å². The summed E-state index contributed by atoms with van der Waals surface area (Å²) < 4.78 is 1.93. The molecule has 0 saturated carbocycles. The minimum atomic E-state index is -0.627. The van der Waals surface area contributed by atoms with Gasteiger partial charge in [-0.25, -0.2) is 4.99 Å². The predicted octanol–water partition coefficient (Wildman–Crippen LogP) is 2.73. The Morgan fingerprint density at radius 3 is 2.58 bits per heavy atom. The van der Waals surface area contributed by atoms with Crippen LogP contribution in [0.15, 0.2) is 59.6 Å². The Hall–Kier alpha value is -3.39. The van der Waals surface area contributed by atoms with E-state index in [1.807, 2.05) is 67.9 Å². The largest absolute Gasteiger partial charge is 0.387 e. The molecule has 176 valence electrons. The molecule has 33 heavy (non-hydrogen) atoms. The van der Waals surface area contributed by atoms with Gasteiger partial charge in [0.15, 0.2) is 11.8 Å². The molecular weight excluding hydrogens is 414 g/mol. The average Bonchev–Trinajstić information content (AvgIpc) is 3.15. The molecule has 3 rings (SSSR count). The number of aliphatic hydroxyl groups is 1. The molecule has 0 spiro atoms. The van der Waals surface area contributed by atoms with Crippen LogP contribution in [0.2, 0.25) is 0 Å². The number of hydrogen-bond acceptors (Lipinski definition) is 5. The smallest absolute Gasteiger partial charge is 0.191 e. The molecule has 0 aliphatic rings. The van der Waals surface area contributed by atoms with Gasteiger partial charge in [0.2, 0.25) is 0 Å². The second-order valence-corrected chi connectivity index (χ2v) is 8.24. The van der Waals surface area contributed by atoms with Gasteiger partial charge < -0.3 is 25.2 Å². The summed E-state index contributed by atoms with van der Waals surface area (Å²) in [5, 5.41) is 25.6. The topological polar surface area (TPSA) is 90.6 Å². The Kier molecular flexibility index (Phi) is 8.83. The number of para-hydroxylation sites is 1. The van der Waals surface area contributed by atoms with Gasteiger partial charge in [-0.05, 0) is 38.0 Å². The molecule has 0 radical (unpaired) electrons. The van der Waals surface area contributed by atoms with Crippen LogP contribution in [0.4, 0.5) is 5.69 Å². The van der Waals surface area contributed by atoms with Crippen molar-refractivity contribution in [2.75, 3.05) is 31.6 Å². The number of rotatable bonds is 10. The maximum absolute atomic E-state index is 10.6. The Morgan fingerprint density at radius 2 is 1.88 bits per heavy atom. The SMILES string of the molecule is Cc1cccc(C(O)CNC(=NCc2nnc(C)n2C)NCCCN(C)c2ccccc2)c1. The summed E-state index contributed by atoms with van der Waals surface area (Å²) in [4.78, 5) is 6.90. The van der Waals surface area contributed by atoms with E-state index in [2.05, 4.69) is 49.9 Å². The van der Waals surface area contributed by atoms with E-state index >= 15 is 0 Å². The first-order chi connectivity index (χ1) is 15.9. The van der Waals surface area contributed by atoms with Gasteiger partial charge >= 0.3 is 0 Å². The number of anilines is 1. The molecule has 0 fully saturated rings. The molecule has 0 amide bonds. The van der Waals surface area contributed by atoms with Crippen LogP contribution in [0.3, 0.4) is 0 Å². The molecule has 0 aliphatic heterocycles. The van der Waals surface area contributed by atoms with Crippen molar-refractivity contribution in [2.45, 2.75) is 32.9 Å². The first kappa shape index (κ1) is 24.3. The molecule has 3 aromatic rings. The quantitative estimate of drug-likeness (QED) is 0.251. The monoisotopic (exact) mass is 449 g/mol. The highest BCUT2D eigenvalue weighted by Gasteiger charge is 2.10. The number of aliphatic imine (C=N–C) groups is 1. The van der Waals surface area contributed by atoms with Crippen LogP contribution in [0.5, 0.6) is 0 Å². The highest BCUT2D eigenvalue weighted by atomic mass is 16.3. The number of aryl methyl sites for hydroxylation is 2. The Balaban J connectivity index is 1.57. The zero-order valence-corrected chi connectivity index (χ0v) is 20.0. The van der Waals surface area contributed by atoms with E-state index in [0.717, 1.165) is 42.3 Å². The maximum atomic E-state index is 10.6. The molecule has 2 aromatic carbocycles. The van der Waals surface area contributed by atoms with Gasteiger partial charge in [-0.3, -0.25) is 0 Å². The minimum Gasteiger partial charge on any atom is -0.387 e. The van der Waals surface area contributed by atoms with Crippen molar-refractivity contribution in [2.24, 2.45) is 12.0 Å². The zero-order valence-electron chi connectivity index (χ0n) is 20.0. The van der Waals surface area contributed by atoms with Gasteiger partial charge in [-0.15, -0.1) is 10.2 Å². The third kappa shape index (κ3) is 7.32. The Labute approximate surface area is 196 Å². The molecule has 0 bridgehead atoms. The van der Waals surface area contributed by atoms with Gasteiger partial charge in [-0.2, -0.15) is 0 Å². The molecule has 0 aliphatic carbocycles. The van der Waals surface area contributed by atoms with Crippen molar-refractivity contribution in [3.05, 3.63) is 77.4 Å². The molecule has 1 atom stereocenters. The average molecular weight is 450 g/mol. The number of nitrogens with zero attached hydrogens (tertiary/aromatic N) is 5. The van der Waals surface area contributed by atoms with Crippen molar-refractivity contribution in [3.63, 3.8) is 0 Å². The minimum absolute atomic E-state index is 0.358. The first-order valence-electron chi connectivity index (χ1n) is 11.3. The molecule has 3 N–H and O–H groups in total. The number of hydrogen-bond donors (Lipinski definition) is 3. The van der Waals surface area contributed by atoms with Gasteiger partial charge in [-0.1, -0.05) is 48.0 Å². The van der Waals surface area contributed by atoms with Crippen LogP contribution in [0.25, 0.3) is 0 Å². The van der Waals surface area contributed by atoms with Crippen molar-refractivity contribution in [1.29, 1.82) is 0 Å². The molecule has 1 heterocycles. The summed E-state index contributed by atoms with van der Waals surface area (Å²) in [5.41, 5.74) is 3.21. The number of benzene rings is 2. The number of guanidine groups is 1. The lowest BCUT2D eigenvalue weighted by Crippen LogP contribution is -2.40. The third-order valence-electron chi connectivity index (χ3n) is 5.61. The molecular formula is C25H35N7O. The number of nitrogens with one attached hydrogen (secondary N) is 2. The van der Waals surface area contributed by atoms with Crippen molar-refractivity contribution in [1.82, 2.24) is 25.4 Å². The van der Waals surface area contributed by atoms with E-state index in [9.17, 15) is 5.11 Å². The standard InChI is InChI=1S/C25H35N7O/c1-19-10-8-11-21(16-19)23(33)17-27-25(28-18-24-30-29-20(2)32(24)4)26-14-9-15-31(3)22-12-6-5-7-13-22/h5-8,10-13,16,23,33H,9,14-15,17-18H2,1-4H3,(H2,26,27,28). The molecule has 0 saturated heterocycles. The zero-order chi connectivity index (χ0) is 23.6. The van der Waals surface area contributed by atoms with E-state index in [0.29, 0.717) is 19.0 Å². The van der Waals surface area contributed by atoms with Gasteiger partial charge in [0, 0.05) is 39.4 Å². The van der Waals surface area contributed by atoms with E-state index in [1.54, 1.807) is 0 Å². The summed E-state index contributed by atoms with van der Waals surface area (Å²) in [6.07, 6.45) is 0.313. The van der Waals surface area contributed by atoms with E-state index in [1.165, 1.54) is 5.69 Å². The van der Waals surface area contributed by atoms with Crippen LogP contribution in [0.1, 0.15) is 35.3 Å². The van der Waals surface area contributed by atoms with Crippen molar-refractivity contribution in [3.8, 4) is 0 Å². The van der Waals surface area contributed by atoms with Gasteiger partial charge in [0.05, 0.1) is 6.10 Å². The lowest BCUT2D eigenvalue weighted by molar-refractivity contribution is 0.180. The summed E-state index contributed by atoms with van der Waals surface area (Å²) in [7, 11) is 4.03. The lowest BCUT2D eigenvalue weighted by Gasteiger charge is -2.20. The number of aliphatic hydroxyl groups excluding tert-OH is 1. The molecule has 8 heteroatoms. The van der Waals surface area contributed by atoms with Crippen molar-refractivity contribution >= 4 is 11.6 Å². The highest BCUT2D eigenvalue weighted by Crippen LogP contribution is 2.13. The fourth-order valence-corrected chi connectivity index (χ4v) is 3.44. The highest BCUT2D eigenvalue weighted by molar-refractivity contribution is 5.79. The summed E-state index contributed by atoms with van der Waals surface area (Å²) in [6, 6.07) is 18.3. The fourth-order valence-electron chi connectivity index (χ4n) is 3.44. The van der Waals surface area contributed by atoms with Crippen LogP contribution < -0.4 is 15.5 Å². The summed E-state index contributed by atoms with van der Waals surface area (Å²) in [5.74, 6) is 2.28. The number of aromatic nitrogens is 3. The molecule has 1 unspecified atom stereocenters. The van der Waals surface area contributed by atoms with Crippen LogP contribution in [0, 0.1) is 13.8 Å². The van der Waals surface area contributed by atoms with Crippen LogP contribution in [-0.2, 0) is 13.6 Å². The Morgan fingerprint density at radius 1 is 1.09 bits per heavy atom. The molecule has 1 aromatic heterocycles. The predicted molar refractivity (Wildman–Crippen MR) is 133 cm³/mol. The maximum Gasteiger partial charge on any atom is 0.191 e. The lowest BCUT2D eigenvalue weighted by atomic mass is 10.1. The molecule has 8 nitrogen and oxygen atoms in total. The second kappa shape index (κ2) is 12.0. The summed E-state index contributed by atoms with van der Waals surface area (Å²) in [6.45, 7) is 6.36. The Bertz CT molecular complexity index is 1030. The van der Waals surface area contributed by atoms with E-state index in [-0.39, 0.29) is 0 Å². The van der Waals surface area contributed by atoms with Crippen LogP contribution in [-0.4, -0.2) is 52.5 Å². The second-order valence-electron chi connectivity index (χ2n) is 8.24. The summed E-state index contributed by atoms with van der Waals surface area (Å²) >= 11 is 0. The van der Waals surface area contributed by atoms with Gasteiger partial charge in [0.25, 0.3) is 0 Å². The van der Waals surface area contributed by atoms with E-state index in [4.69, 9.17) is 0 Å². The van der Waals surface area contributed by atoms with Crippen LogP contribution >= 0.6 is 0 Å². The normalized spacial score (nSPS) is 12.5. The van der Waals surface area contributed by atoms with Gasteiger partial charge in [0.1, 0.15) is 12.4 Å². The fraction of sp³-hybridized carbons (Fsp3) is 0.400. The third-order valence-corrected chi connectivity index (χ3v) is 5.61.